The normalized spacial score (nSPS) is 31.6. The number of carbonyl (C=O) groups excluding carboxylic acids is 1. The minimum absolute atomic E-state index is 0.0676. The summed E-state index contributed by atoms with van der Waals surface area (Å²) in [6.07, 6.45) is 3.43. The molecule has 0 heterocycles. The molecule has 5 heteroatoms. The lowest BCUT2D eigenvalue weighted by Gasteiger charge is -2.30. The average Bonchev–Trinajstić information content (AvgIpc) is 2.99. The van der Waals surface area contributed by atoms with Crippen molar-refractivity contribution in [2.75, 3.05) is 6.61 Å². The highest BCUT2D eigenvalue weighted by atomic mass is 35.5. The van der Waals surface area contributed by atoms with Crippen molar-refractivity contribution in [1.82, 2.24) is 5.32 Å². The van der Waals surface area contributed by atoms with E-state index in [1.54, 1.807) is 18.2 Å². The van der Waals surface area contributed by atoms with E-state index in [1.165, 1.54) is 6.42 Å². The quantitative estimate of drug-likeness (QED) is 0.900. The molecular formula is C15H17Cl2NO2. The zero-order valence-electron chi connectivity index (χ0n) is 11.0. The summed E-state index contributed by atoms with van der Waals surface area (Å²) in [6.45, 7) is 0.139. The third kappa shape index (κ3) is 2.43. The molecule has 0 aromatic heterocycles. The summed E-state index contributed by atoms with van der Waals surface area (Å²) in [5, 5.41) is 13.5. The molecule has 0 radical (unpaired) electrons. The van der Waals surface area contributed by atoms with Crippen LogP contribution in [0.2, 0.25) is 10.0 Å². The highest BCUT2D eigenvalue weighted by molar-refractivity contribution is 6.36. The summed E-state index contributed by atoms with van der Waals surface area (Å²) < 4.78 is 0. The Labute approximate surface area is 128 Å². The minimum Gasteiger partial charge on any atom is -0.396 e. The summed E-state index contributed by atoms with van der Waals surface area (Å²) in [5.41, 5.74) is 0.440. The van der Waals surface area contributed by atoms with Crippen molar-refractivity contribution < 1.29 is 9.90 Å². The highest BCUT2D eigenvalue weighted by Crippen LogP contribution is 2.48. The minimum atomic E-state index is -0.178. The molecule has 4 atom stereocenters. The lowest BCUT2D eigenvalue weighted by molar-refractivity contribution is 0.0861. The number of amides is 1. The molecule has 108 valence electrons. The van der Waals surface area contributed by atoms with Crippen LogP contribution in [0.25, 0.3) is 0 Å². The van der Waals surface area contributed by atoms with Crippen molar-refractivity contribution in [2.45, 2.75) is 25.3 Å². The molecule has 2 bridgehead atoms. The molecule has 1 aromatic rings. The first-order valence-corrected chi connectivity index (χ1v) is 7.72. The maximum Gasteiger partial charge on any atom is 0.253 e. The molecule has 2 aliphatic rings. The second kappa shape index (κ2) is 5.55. The molecule has 3 rings (SSSR count). The fraction of sp³-hybridized carbons (Fsp3) is 0.533. The fourth-order valence-electron chi connectivity index (χ4n) is 3.80. The number of nitrogens with one attached hydrogen (secondary N) is 1. The number of fused-ring (bicyclic) bond motifs is 2. The molecule has 20 heavy (non-hydrogen) atoms. The van der Waals surface area contributed by atoms with Gasteiger partial charge in [0.2, 0.25) is 0 Å². The molecule has 0 aliphatic heterocycles. The van der Waals surface area contributed by atoms with Gasteiger partial charge in [-0.1, -0.05) is 23.2 Å². The second-order valence-electron chi connectivity index (χ2n) is 5.80. The van der Waals surface area contributed by atoms with Crippen LogP contribution >= 0.6 is 23.2 Å². The van der Waals surface area contributed by atoms with Gasteiger partial charge in [-0.3, -0.25) is 4.79 Å². The first-order valence-electron chi connectivity index (χ1n) is 6.97. The Kier molecular flexibility index (Phi) is 3.93. The van der Waals surface area contributed by atoms with Gasteiger partial charge in [0.05, 0.1) is 10.6 Å². The van der Waals surface area contributed by atoms with Crippen LogP contribution in [-0.2, 0) is 0 Å². The maximum atomic E-state index is 12.4. The average molecular weight is 314 g/mol. The summed E-state index contributed by atoms with van der Waals surface area (Å²) in [7, 11) is 0. The summed E-state index contributed by atoms with van der Waals surface area (Å²) in [6, 6.07) is 4.94. The smallest absolute Gasteiger partial charge is 0.253 e. The van der Waals surface area contributed by atoms with Crippen molar-refractivity contribution in [3.63, 3.8) is 0 Å². The van der Waals surface area contributed by atoms with Crippen LogP contribution in [0, 0.1) is 17.8 Å². The van der Waals surface area contributed by atoms with Gasteiger partial charge in [0.15, 0.2) is 0 Å². The van der Waals surface area contributed by atoms with Gasteiger partial charge in [0.1, 0.15) is 0 Å². The molecule has 4 unspecified atom stereocenters. The van der Waals surface area contributed by atoms with Crippen LogP contribution in [0.5, 0.6) is 0 Å². The van der Waals surface area contributed by atoms with Crippen LogP contribution in [0.4, 0.5) is 0 Å². The Morgan fingerprint density at radius 3 is 2.75 bits per heavy atom. The van der Waals surface area contributed by atoms with Crippen molar-refractivity contribution in [1.29, 1.82) is 0 Å². The first-order chi connectivity index (χ1) is 9.60. The van der Waals surface area contributed by atoms with E-state index in [1.807, 2.05) is 0 Å². The fourth-order valence-corrected chi connectivity index (χ4v) is 4.30. The Morgan fingerprint density at radius 1 is 1.30 bits per heavy atom. The molecule has 1 amide bonds. The SMILES string of the molecule is O=C(NC1C2CCC(C2)C1CO)c1ccc(Cl)cc1Cl. The van der Waals surface area contributed by atoms with E-state index in [0.717, 1.165) is 12.8 Å². The monoisotopic (exact) mass is 313 g/mol. The van der Waals surface area contributed by atoms with Gasteiger partial charge in [-0.25, -0.2) is 0 Å². The van der Waals surface area contributed by atoms with E-state index in [0.29, 0.717) is 27.4 Å². The van der Waals surface area contributed by atoms with E-state index in [2.05, 4.69) is 5.32 Å². The van der Waals surface area contributed by atoms with Gasteiger partial charge >= 0.3 is 0 Å². The van der Waals surface area contributed by atoms with Crippen molar-refractivity contribution in [3.8, 4) is 0 Å². The van der Waals surface area contributed by atoms with Crippen LogP contribution in [-0.4, -0.2) is 23.7 Å². The predicted octanol–water partition coefficient (Wildman–Crippen LogP) is 3.13. The molecule has 2 N–H and O–H groups in total. The van der Waals surface area contributed by atoms with Crippen LogP contribution in [0.3, 0.4) is 0 Å². The van der Waals surface area contributed by atoms with Crippen LogP contribution in [0.1, 0.15) is 29.6 Å². The molecular weight excluding hydrogens is 297 g/mol. The number of carbonyl (C=O) groups is 1. The zero-order valence-corrected chi connectivity index (χ0v) is 12.5. The summed E-state index contributed by atoms with van der Waals surface area (Å²) in [4.78, 5) is 12.4. The topological polar surface area (TPSA) is 49.3 Å². The number of aliphatic hydroxyl groups excluding tert-OH is 1. The zero-order chi connectivity index (χ0) is 14.3. The molecule has 2 aliphatic carbocycles. The first kappa shape index (κ1) is 14.2. The molecule has 1 aromatic carbocycles. The van der Waals surface area contributed by atoms with Gasteiger partial charge in [-0.2, -0.15) is 0 Å². The lowest BCUT2D eigenvalue weighted by atomic mass is 9.85. The number of halogens is 2. The van der Waals surface area contributed by atoms with Crippen molar-refractivity contribution in [3.05, 3.63) is 33.8 Å². The van der Waals surface area contributed by atoms with Gasteiger partial charge in [0, 0.05) is 23.6 Å². The summed E-state index contributed by atoms with van der Waals surface area (Å²) >= 11 is 11.9. The maximum absolute atomic E-state index is 12.4. The number of hydrogen-bond donors (Lipinski definition) is 2. The van der Waals surface area contributed by atoms with Gasteiger partial charge in [-0.15, -0.1) is 0 Å². The molecule has 3 nitrogen and oxygen atoms in total. The molecule has 2 fully saturated rings. The summed E-state index contributed by atoms with van der Waals surface area (Å²) in [5.74, 6) is 1.05. The van der Waals surface area contributed by atoms with E-state index >= 15 is 0 Å². The third-order valence-corrected chi connectivity index (χ3v) is 5.32. The Morgan fingerprint density at radius 2 is 2.05 bits per heavy atom. The van der Waals surface area contributed by atoms with Crippen molar-refractivity contribution >= 4 is 29.1 Å². The van der Waals surface area contributed by atoms with Gasteiger partial charge < -0.3 is 10.4 Å². The second-order valence-corrected chi connectivity index (χ2v) is 6.65. The Hall–Kier alpha value is -0.770. The molecule has 0 saturated heterocycles. The number of hydrogen-bond acceptors (Lipinski definition) is 2. The van der Waals surface area contributed by atoms with Gasteiger partial charge in [0.25, 0.3) is 5.91 Å². The lowest BCUT2D eigenvalue weighted by Crippen LogP contribution is -2.45. The van der Waals surface area contributed by atoms with E-state index in [4.69, 9.17) is 23.2 Å². The number of aliphatic hydroxyl groups is 1. The molecule has 2 saturated carbocycles. The predicted molar refractivity (Wildman–Crippen MR) is 79.1 cm³/mol. The third-order valence-electron chi connectivity index (χ3n) is 4.77. The Bertz CT molecular complexity index is 535. The van der Waals surface area contributed by atoms with Crippen LogP contribution < -0.4 is 5.32 Å². The number of benzene rings is 1. The van der Waals surface area contributed by atoms with E-state index in [-0.39, 0.29) is 24.5 Å². The largest absolute Gasteiger partial charge is 0.396 e. The highest BCUT2D eigenvalue weighted by Gasteiger charge is 2.47. The van der Waals surface area contributed by atoms with E-state index < -0.39 is 0 Å². The van der Waals surface area contributed by atoms with Crippen molar-refractivity contribution in [2.24, 2.45) is 17.8 Å². The number of rotatable bonds is 3. The molecule has 0 spiro atoms. The van der Waals surface area contributed by atoms with Gasteiger partial charge in [-0.05, 0) is 49.3 Å². The van der Waals surface area contributed by atoms with Crippen LogP contribution in [0.15, 0.2) is 18.2 Å². The van der Waals surface area contributed by atoms with E-state index in [9.17, 15) is 9.90 Å². The Balaban J connectivity index is 1.75. The standard InChI is InChI=1S/C15H17Cl2NO2/c16-10-3-4-11(13(17)6-10)15(20)18-14-9-2-1-8(5-9)12(14)7-19/h3-4,6,8-9,12,14,19H,1-2,5,7H2,(H,18,20).